The maximum Gasteiger partial charge on any atom is 0.233 e. The Morgan fingerprint density at radius 2 is 2.12 bits per heavy atom. The summed E-state index contributed by atoms with van der Waals surface area (Å²) in [5, 5.41) is 17.7. The third kappa shape index (κ3) is 4.38. The van der Waals surface area contributed by atoms with E-state index in [1.165, 1.54) is 6.33 Å². The van der Waals surface area contributed by atoms with Gasteiger partial charge in [-0.1, -0.05) is 17.7 Å². The van der Waals surface area contributed by atoms with Crippen LogP contribution in [0.5, 0.6) is 0 Å². The summed E-state index contributed by atoms with van der Waals surface area (Å²) in [6, 6.07) is 7.36. The summed E-state index contributed by atoms with van der Waals surface area (Å²) >= 11 is 6.03. The lowest BCUT2D eigenvalue weighted by molar-refractivity contribution is -0.119. The molecule has 0 aliphatic carbocycles. The van der Waals surface area contributed by atoms with Crippen LogP contribution < -0.4 is 21.7 Å². The highest BCUT2D eigenvalue weighted by Crippen LogP contribution is 2.28. The zero-order chi connectivity index (χ0) is 18.4. The van der Waals surface area contributed by atoms with Crippen LogP contribution in [-0.2, 0) is 4.79 Å². The van der Waals surface area contributed by atoms with Crippen molar-refractivity contribution < 1.29 is 4.79 Å². The molecule has 3 aromatic rings. The Balaban J connectivity index is 1.70. The first-order chi connectivity index (χ1) is 12.7. The number of halogens is 1. The Kier molecular flexibility index (Phi) is 5.82. The number of benzene rings is 1. The zero-order valence-electron chi connectivity index (χ0n) is 13.9. The topological polar surface area (TPSA) is 134 Å². The van der Waals surface area contributed by atoms with Crippen LogP contribution in [0.4, 0.5) is 17.3 Å². The highest BCUT2D eigenvalue weighted by Gasteiger charge is 2.13. The van der Waals surface area contributed by atoms with Gasteiger partial charge in [0.15, 0.2) is 11.5 Å². The number of hydrogen-bond acceptors (Lipinski definition) is 7. The SMILES string of the molecule is NCC(=O)NCCCNc1n[nH]c2ncnc(Nc3cccc(Cl)c3)c12. The van der Waals surface area contributed by atoms with Gasteiger partial charge in [0.2, 0.25) is 5.91 Å². The molecule has 136 valence electrons. The van der Waals surface area contributed by atoms with Gasteiger partial charge in [-0.05, 0) is 24.6 Å². The number of aromatic amines is 1. The number of carbonyl (C=O) groups is 1. The van der Waals surface area contributed by atoms with E-state index >= 15 is 0 Å². The number of fused-ring (bicyclic) bond motifs is 1. The van der Waals surface area contributed by atoms with Gasteiger partial charge in [0, 0.05) is 23.8 Å². The minimum atomic E-state index is -0.170. The number of nitrogens with two attached hydrogens (primary N) is 1. The fourth-order valence-corrected chi connectivity index (χ4v) is 2.57. The van der Waals surface area contributed by atoms with Crippen molar-refractivity contribution in [2.75, 3.05) is 30.3 Å². The standard InChI is InChI=1S/C16H19ClN8O/c17-10-3-1-4-11(7-10)23-14-13-15(24-25-16(13)22-9-21-14)20-6-2-5-19-12(26)8-18/h1,3-4,7,9H,2,5-6,8,18H2,(H,19,26)(H3,20,21,22,23,24,25). The Morgan fingerprint density at radius 1 is 1.23 bits per heavy atom. The number of rotatable bonds is 8. The van der Waals surface area contributed by atoms with Gasteiger partial charge < -0.3 is 21.7 Å². The van der Waals surface area contributed by atoms with Crippen LogP contribution in [0.2, 0.25) is 5.02 Å². The van der Waals surface area contributed by atoms with Gasteiger partial charge in [0.1, 0.15) is 17.5 Å². The highest BCUT2D eigenvalue weighted by molar-refractivity contribution is 6.30. The molecule has 6 N–H and O–H groups in total. The minimum absolute atomic E-state index is 0.00664. The number of carbonyl (C=O) groups excluding carboxylic acids is 1. The molecule has 26 heavy (non-hydrogen) atoms. The van der Waals surface area contributed by atoms with E-state index in [9.17, 15) is 4.79 Å². The van der Waals surface area contributed by atoms with Crippen molar-refractivity contribution >= 4 is 45.9 Å². The Hall–Kier alpha value is -2.91. The number of anilines is 3. The quantitative estimate of drug-likeness (QED) is 0.378. The minimum Gasteiger partial charge on any atom is -0.368 e. The second kappa shape index (κ2) is 8.45. The number of aromatic nitrogens is 4. The van der Waals surface area contributed by atoms with Crippen molar-refractivity contribution in [3.63, 3.8) is 0 Å². The summed E-state index contributed by atoms with van der Waals surface area (Å²) < 4.78 is 0. The molecule has 0 aliphatic rings. The first kappa shape index (κ1) is 17.9. The predicted octanol–water partition coefficient (Wildman–Crippen LogP) is 1.63. The molecule has 2 heterocycles. The Bertz CT molecular complexity index is 897. The molecule has 3 rings (SSSR count). The van der Waals surface area contributed by atoms with Gasteiger partial charge in [-0.3, -0.25) is 9.89 Å². The fourth-order valence-electron chi connectivity index (χ4n) is 2.38. The molecule has 1 aromatic carbocycles. The monoisotopic (exact) mass is 374 g/mol. The van der Waals surface area contributed by atoms with Crippen molar-refractivity contribution in [1.82, 2.24) is 25.5 Å². The molecule has 0 fully saturated rings. The van der Waals surface area contributed by atoms with Crippen molar-refractivity contribution in [1.29, 1.82) is 0 Å². The number of nitrogens with one attached hydrogen (secondary N) is 4. The van der Waals surface area contributed by atoms with Crippen LogP contribution in [0.3, 0.4) is 0 Å². The van der Waals surface area contributed by atoms with Crippen LogP contribution in [0.1, 0.15) is 6.42 Å². The van der Waals surface area contributed by atoms with Crippen molar-refractivity contribution in [2.24, 2.45) is 5.73 Å². The van der Waals surface area contributed by atoms with Crippen LogP contribution >= 0.6 is 11.6 Å². The maximum absolute atomic E-state index is 11.1. The summed E-state index contributed by atoms with van der Waals surface area (Å²) in [5.74, 6) is 1.08. The fraction of sp³-hybridized carbons (Fsp3) is 0.250. The Labute approximate surface area is 154 Å². The molecule has 10 heteroatoms. The lowest BCUT2D eigenvalue weighted by Crippen LogP contribution is -2.31. The third-order valence-electron chi connectivity index (χ3n) is 3.60. The summed E-state index contributed by atoms with van der Waals surface area (Å²) in [5.41, 5.74) is 6.67. The first-order valence-electron chi connectivity index (χ1n) is 8.09. The van der Waals surface area contributed by atoms with Crippen molar-refractivity contribution in [2.45, 2.75) is 6.42 Å². The summed E-state index contributed by atoms with van der Waals surface area (Å²) in [4.78, 5) is 19.6. The molecular formula is C16H19ClN8O. The van der Waals surface area contributed by atoms with Gasteiger partial charge in [-0.25, -0.2) is 9.97 Å². The van der Waals surface area contributed by atoms with E-state index in [0.717, 1.165) is 17.5 Å². The number of nitrogens with zero attached hydrogens (tertiary/aromatic N) is 3. The van der Waals surface area contributed by atoms with Gasteiger partial charge in [-0.15, -0.1) is 0 Å². The van der Waals surface area contributed by atoms with Crippen molar-refractivity contribution in [3.8, 4) is 0 Å². The first-order valence-corrected chi connectivity index (χ1v) is 8.47. The van der Waals surface area contributed by atoms with Gasteiger partial charge in [-0.2, -0.15) is 5.10 Å². The predicted molar refractivity (Wildman–Crippen MR) is 102 cm³/mol. The zero-order valence-corrected chi connectivity index (χ0v) is 14.7. The van der Waals surface area contributed by atoms with E-state index in [2.05, 4.69) is 36.1 Å². The maximum atomic E-state index is 11.1. The molecule has 0 atom stereocenters. The van der Waals surface area contributed by atoms with Gasteiger partial charge in [0.25, 0.3) is 0 Å². The van der Waals surface area contributed by atoms with E-state index in [4.69, 9.17) is 17.3 Å². The lowest BCUT2D eigenvalue weighted by Gasteiger charge is -2.09. The molecule has 1 amide bonds. The summed E-state index contributed by atoms with van der Waals surface area (Å²) in [6.45, 7) is 1.15. The second-order valence-electron chi connectivity index (χ2n) is 5.49. The van der Waals surface area contributed by atoms with E-state index < -0.39 is 0 Å². The normalized spacial score (nSPS) is 10.7. The molecule has 2 aromatic heterocycles. The molecule has 0 spiro atoms. The molecule has 0 saturated carbocycles. The molecule has 0 radical (unpaired) electrons. The molecule has 9 nitrogen and oxygen atoms in total. The number of H-pyrrole nitrogens is 1. The average molecular weight is 375 g/mol. The average Bonchev–Trinajstić information content (AvgIpc) is 3.05. The lowest BCUT2D eigenvalue weighted by atomic mass is 10.3. The second-order valence-corrected chi connectivity index (χ2v) is 5.92. The highest BCUT2D eigenvalue weighted by atomic mass is 35.5. The van der Waals surface area contributed by atoms with Gasteiger partial charge in [0.05, 0.1) is 6.54 Å². The molecule has 0 saturated heterocycles. The smallest absolute Gasteiger partial charge is 0.233 e. The number of amides is 1. The van der Waals surface area contributed by atoms with Crippen LogP contribution in [0.15, 0.2) is 30.6 Å². The van der Waals surface area contributed by atoms with Crippen LogP contribution in [0, 0.1) is 0 Å². The van der Waals surface area contributed by atoms with E-state index in [1.807, 2.05) is 18.2 Å². The van der Waals surface area contributed by atoms with E-state index in [0.29, 0.717) is 35.4 Å². The largest absolute Gasteiger partial charge is 0.368 e. The summed E-state index contributed by atoms with van der Waals surface area (Å²) in [7, 11) is 0. The van der Waals surface area contributed by atoms with E-state index in [1.54, 1.807) is 6.07 Å². The van der Waals surface area contributed by atoms with E-state index in [-0.39, 0.29) is 12.5 Å². The molecule has 0 unspecified atom stereocenters. The van der Waals surface area contributed by atoms with Crippen molar-refractivity contribution in [3.05, 3.63) is 35.6 Å². The molecular weight excluding hydrogens is 356 g/mol. The molecule has 0 aliphatic heterocycles. The summed E-state index contributed by atoms with van der Waals surface area (Å²) in [6.07, 6.45) is 2.18. The van der Waals surface area contributed by atoms with Crippen LogP contribution in [-0.4, -0.2) is 45.7 Å². The van der Waals surface area contributed by atoms with Crippen LogP contribution in [0.25, 0.3) is 11.0 Å². The number of hydrogen-bond donors (Lipinski definition) is 5. The van der Waals surface area contributed by atoms with Gasteiger partial charge >= 0.3 is 0 Å². The Morgan fingerprint density at radius 3 is 2.92 bits per heavy atom. The third-order valence-corrected chi connectivity index (χ3v) is 3.83. The molecule has 0 bridgehead atoms.